The molecule has 9 heteroatoms. The number of nitrogens with zero attached hydrogens (tertiary/aromatic N) is 2. The Kier molecular flexibility index (Phi) is 5.16. The summed E-state index contributed by atoms with van der Waals surface area (Å²) >= 11 is 0. The highest BCUT2D eigenvalue weighted by Crippen LogP contribution is 2.46. The topological polar surface area (TPSA) is 91.1 Å². The van der Waals surface area contributed by atoms with Crippen LogP contribution in [0.2, 0.25) is 0 Å². The minimum absolute atomic E-state index is 0.0341. The minimum atomic E-state index is -0.935. The first-order chi connectivity index (χ1) is 16.5. The Labute approximate surface area is 193 Å². The molecule has 0 radical (unpaired) electrons. The first-order valence-corrected chi connectivity index (χ1v) is 10.3. The van der Waals surface area contributed by atoms with E-state index in [1.807, 2.05) is 0 Å². The maximum absolute atomic E-state index is 14.0. The number of fused-ring (bicyclic) bond motifs is 2. The molecule has 1 unspecified atom stereocenters. The molecule has 0 spiro atoms. The highest BCUT2D eigenvalue weighted by molar-refractivity contribution is 6.10. The van der Waals surface area contributed by atoms with Crippen LogP contribution in [-0.4, -0.2) is 32.2 Å². The van der Waals surface area contributed by atoms with Crippen molar-refractivity contribution in [3.8, 4) is 17.2 Å². The number of pyridine rings is 1. The maximum Gasteiger partial charge on any atom is 0.296 e. The predicted molar refractivity (Wildman–Crippen MR) is 121 cm³/mol. The molecule has 1 amide bonds. The fourth-order valence-corrected chi connectivity index (χ4v) is 4.25. The first-order valence-electron chi connectivity index (χ1n) is 10.3. The predicted octanol–water partition coefficient (Wildman–Crippen LogP) is 4.10. The Morgan fingerprint density at radius 3 is 2.32 bits per heavy atom. The Hall–Kier alpha value is -4.40. The van der Waals surface area contributed by atoms with E-state index < -0.39 is 23.2 Å². The quantitative estimate of drug-likeness (QED) is 0.441. The van der Waals surface area contributed by atoms with Crippen molar-refractivity contribution >= 4 is 22.7 Å². The van der Waals surface area contributed by atoms with Crippen LogP contribution in [-0.2, 0) is 0 Å². The number of carbonyl (C=O) groups is 1. The largest absolute Gasteiger partial charge is 0.493 e. The van der Waals surface area contributed by atoms with E-state index in [1.54, 1.807) is 36.5 Å². The standard InChI is InChI=1S/C25H19FN2O6/c1-31-17-10-13(11-18(32-2)23(17)33-3)21-20-22(29)15-12-14(26)7-8-16(15)34-24(20)25(30)28(21)19-6-4-5-9-27-19/h4-12,21H,1-3H3. The number of hydrogen-bond acceptors (Lipinski definition) is 7. The molecular formula is C25H19FN2O6. The summed E-state index contributed by atoms with van der Waals surface area (Å²) in [7, 11) is 4.41. The lowest BCUT2D eigenvalue weighted by atomic mass is 9.97. The van der Waals surface area contributed by atoms with Crippen LogP contribution in [0.1, 0.15) is 27.7 Å². The molecule has 0 saturated carbocycles. The van der Waals surface area contributed by atoms with E-state index in [9.17, 15) is 14.0 Å². The van der Waals surface area contributed by atoms with E-state index in [0.717, 1.165) is 6.07 Å². The van der Waals surface area contributed by atoms with Gasteiger partial charge in [0.1, 0.15) is 17.2 Å². The van der Waals surface area contributed by atoms with Crippen molar-refractivity contribution in [2.75, 3.05) is 26.2 Å². The van der Waals surface area contributed by atoms with Crippen molar-refractivity contribution in [3.63, 3.8) is 0 Å². The number of amides is 1. The summed E-state index contributed by atoms with van der Waals surface area (Å²) in [4.78, 5) is 32.8. The SMILES string of the molecule is COc1cc(C2c3c(oc4ccc(F)cc4c3=O)C(=O)N2c2ccccn2)cc(OC)c1OC. The number of benzene rings is 2. The molecule has 2 aromatic heterocycles. The molecule has 172 valence electrons. The van der Waals surface area contributed by atoms with Gasteiger partial charge in [-0.2, -0.15) is 0 Å². The van der Waals surface area contributed by atoms with Crippen molar-refractivity contribution in [1.29, 1.82) is 0 Å². The third-order valence-corrected chi connectivity index (χ3v) is 5.73. The molecule has 5 rings (SSSR count). The van der Waals surface area contributed by atoms with Crippen molar-refractivity contribution in [3.05, 3.63) is 87.7 Å². The van der Waals surface area contributed by atoms with Gasteiger partial charge < -0.3 is 18.6 Å². The van der Waals surface area contributed by atoms with Crippen LogP contribution in [0.5, 0.6) is 17.2 Å². The number of carbonyl (C=O) groups excluding carboxylic acids is 1. The van der Waals surface area contributed by atoms with Crippen molar-refractivity contribution < 1.29 is 27.8 Å². The zero-order valence-corrected chi connectivity index (χ0v) is 18.5. The fourth-order valence-electron chi connectivity index (χ4n) is 4.25. The Balaban J connectivity index is 1.84. The van der Waals surface area contributed by atoms with Gasteiger partial charge in [-0.05, 0) is 48.0 Å². The molecule has 1 aliphatic rings. The zero-order chi connectivity index (χ0) is 24.0. The molecule has 0 fully saturated rings. The second kappa shape index (κ2) is 8.18. The minimum Gasteiger partial charge on any atom is -0.493 e. The number of aromatic nitrogens is 1. The number of methoxy groups -OCH3 is 3. The van der Waals surface area contributed by atoms with Gasteiger partial charge in [-0.1, -0.05) is 6.07 Å². The number of hydrogen-bond donors (Lipinski definition) is 0. The summed E-state index contributed by atoms with van der Waals surface area (Å²) in [6, 6.07) is 11.1. The second-order valence-corrected chi connectivity index (χ2v) is 7.54. The Morgan fingerprint density at radius 2 is 1.71 bits per heavy atom. The summed E-state index contributed by atoms with van der Waals surface area (Å²) in [5, 5.41) is 0.0341. The number of ether oxygens (including phenoxy) is 3. The molecule has 8 nitrogen and oxygen atoms in total. The third-order valence-electron chi connectivity index (χ3n) is 5.73. The van der Waals surface area contributed by atoms with Crippen LogP contribution >= 0.6 is 0 Å². The first kappa shape index (κ1) is 21.4. The molecule has 0 N–H and O–H groups in total. The summed E-state index contributed by atoms with van der Waals surface area (Å²) in [6.45, 7) is 0. The van der Waals surface area contributed by atoms with Gasteiger partial charge in [0.2, 0.25) is 11.5 Å². The molecule has 1 atom stereocenters. The zero-order valence-electron chi connectivity index (χ0n) is 18.5. The van der Waals surface area contributed by atoms with Crippen molar-refractivity contribution in [2.45, 2.75) is 6.04 Å². The fraction of sp³-hybridized carbons (Fsp3) is 0.160. The van der Waals surface area contributed by atoms with Crippen LogP contribution in [0.25, 0.3) is 11.0 Å². The average Bonchev–Trinajstić information content (AvgIpc) is 3.16. The molecule has 4 aromatic rings. The smallest absolute Gasteiger partial charge is 0.296 e. The van der Waals surface area contributed by atoms with Crippen LogP contribution in [0.15, 0.2) is 63.9 Å². The molecule has 0 bridgehead atoms. The van der Waals surface area contributed by atoms with Crippen LogP contribution in [0.3, 0.4) is 0 Å². The lowest BCUT2D eigenvalue weighted by Crippen LogP contribution is -2.30. The summed E-state index contributed by atoms with van der Waals surface area (Å²) < 4.78 is 36.2. The molecular weight excluding hydrogens is 443 g/mol. The lowest BCUT2D eigenvalue weighted by Gasteiger charge is -2.25. The molecule has 1 aliphatic heterocycles. The van der Waals surface area contributed by atoms with Gasteiger partial charge in [0.15, 0.2) is 16.9 Å². The average molecular weight is 462 g/mol. The second-order valence-electron chi connectivity index (χ2n) is 7.54. The number of halogens is 1. The normalized spacial score (nSPS) is 14.9. The Morgan fingerprint density at radius 1 is 0.971 bits per heavy atom. The van der Waals surface area contributed by atoms with E-state index >= 15 is 0 Å². The van der Waals surface area contributed by atoms with Crippen molar-refractivity contribution in [2.24, 2.45) is 0 Å². The monoisotopic (exact) mass is 462 g/mol. The lowest BCUT2D eigenvalue weighted by molar-refractivity contribution is 0.0970. The molecule has 2 aromatic carbocycles. The van der Waals surface area contributed by atoms with Crippen LogP contribution in [0.4, 0.5) is 10.2 Å². The third kappa shape index (κ3) is 3.16. The van der Waals surface area contributed by atoms with Crippen LogP contribution < -0.4 is 24.5 Å². The molecule has 3 heterocycles. The van der Waals surface area contributed by atoms with E-state index in [-0.39, 0.29) is 22.3 Å². The van der Waals surface area contributed by atoms with Crippen LogP contribution in [0, 0.1) is 5.82 Å². The molecule has 0 aliphatic carbocycles. The molecule has 34 heavy (non-hydrogen) atoms. The van der Waals surface area contributed by atoms with Gasteiger partial charge >= 0.3 is 0 Å². The van der Waals surface area contributed by atoms with E-state index in [1.165, 1.54) is 38.4 Å². The summed E-state index contributed by atoms with van der Waals surface area (Å²) in [6.07, 6.45) is 1.54. The Bertz CT molecular complexity index is 1460. The summed E-state index contributed by atoms with van der Waals surface area (Å²) in [5.41, 5.74) is 0.171. The highest BCUT2D eigenvalue weighted by Gasteiger charge is 2.44. The van der Waals surface area contributed by atoms with E-state index in [4.69, 9.17) is 18.6 Å². The number of anilines is 1. The van der Waals surface area contributed by atoms with Gasteiger partial charge in [0, 0.05) is 6.20 Å². The van der Waals surface area contributed by atoms with Gasteiger partial charge in [0.05, 0.1) is 38.3 Å². The highest BCUT2D eigenvalue weighted by atomic mass is 19.1. The summed E-state index contributed by atoms with van der Waals surface area (Å²) in [5.74, 6) is 0.0896. The van der Waals surface area contributed by atoms with Gasteiger partial charge in [0.25, 0.3) is 5.91 Å². The van der Waals surface area contributed by atoms with Gasteiger partial charge in [-0.15, -0.1) is 0 Å². The maximum atomic E-state index is 14.0. The van der Waals surface area contributed by atoms with Gasteiger partial charge in [-0.25, -0.2) is 9.37 Å². The van der Waals surface area contributed by atoms with E-state index in [0.29, 0.717) is 28.6 Å². The number of rotatable bonds is 5. The van der Waals surface area contributed by atoms with Gasteiger partial charge in [-0.3, -0.25) is 14.5 Å². The molecule has 0 saturated heterocycles. The van der Waals surface area contributed by atoms with E-state index in [2.05, 4.69) is 4.98 Å². The van der Waals surface area contributed by atoms with Crippen molar-refractivity contribution in [1.82, 2.24) is 4.98 Å².